The van der Waals surface area contributed by atoms with Gasteiger partial charge in [-0.2, -0.15) is 11.8 Å². The number of carboxylic acid groups (broad SMARTS) is 1. The molecule has 25 heavy (non-hydrogen) atoms. The number of hydrogen-bond donors (Lipinski definition) is 0. The van der Waals surface area contributed by atoms with Crippen molar-refractivity contribution in [3.63, 3.8) is 0 Å². The summed E-state index contributed by atoms with van der Waals surface area (Å²) in [7, 11) is 1.53. The molecule has 6 heteroatoms. The third-order valence-electron chi connectivity index (χ3n) is 3.36. The fourth-order valence-electron chi connectivity index (χ4n) is 2.16. The Morgan fingerprint density at radius 2 is 2.00 bits per heavy atom. The summed E-state index contributed by atoms with van der Waals surface area (Å²) in [5.41, 5.74) is 2.01. The molecule has 0 aliphatic rings. The number of aliphatic carboxylic acids is 1. The first-order valence-electron chi connectivity index (χ1n) is 7.42. The molecular weight excluding hydrogens is 360 g/mol. The van der Waals surface area contributed by atoms with Crippen molar-refractivity contribution in [3.05, 3.63) is 70.3 Å². The second-order valence-corrected chi connectivity index (χ2v) is 6.50. The molecule has 0 aliphatic carbocycles. The van der Waals surface area contributed by atoms with E-state index in [-0.39, 0.29) is 11.5 Å². The largest absolute Gasteiger partial charge is 0.549 e. The number of rotatable bonds is 8. The van der Waals surface area contributed by atoms with Crippen LogP contribution in [0.25, 0.3) is 6.08 Å². The molecule has 0 amide bonds. The Kier molecular flexibility index (Phi) is 7.10. The molecule has 0 spiro atoms. The van der Waals surface area contributed by atoms with Crippen LogP contribution in [0.2, 0.25) is 5.02 Å². The van der Waals surface area contributed by atoms with Gasteiger partial charge in [-0.1, -0.05) is 29.8 Å². The van der Waals surface area contributed by atoms with Crippen molar-refractivity contribution in [1.29, 1.82) is 0 Å². The summed E-state index contributed by atoms with van der Waals surface area (Å²) in [5, 5.41) is 11.1. The summed E-state index contributed by atoms with van der Waals surface area (Å²) < 4.78 is 5.26. The highest BCUT2D eigenvalue weighted by Gasteiger charge is 2.09. The molecule has 0 N–H and O–H groups in total. The van der Waals surface area contributed by atoms with Gasteiger partial charge in [0, 0.05) is 27.7 Å². The smallest absolute Gasteiger partial charge is 0.185 e. The lowest BCUT2D eigenvalue weighted by Gasteiger charge is -2.10. The average molecular weight is 376 g/mol. The number of methoxy groups -OCH3 is 1. The van der Waals surface area contributed by atoms with Gasteiger partial charge >= 0.3 is 0 Å². The molecule has 2 rings (SSSR count). The fourth-order valence-corrected chi connectivity index (χ4v) is 3.07. The first-order valence-corrected chi connectivity index (χ1v) is 8.96. The maximum absolute atomic E-state index is 12.4. The van der Waals surface area contributed by atoms with E-state index in [9.17, 15) is 14.7 Å². The zero-order valence-corrected chi connectivity index (χ0v) is 15.1. The third kappa shape index (κ3) is 5.66. The van der Waals surface area contributed by atoms with Gasteiger partial charge in [-0.3, -0.25) is 4.79 Å². The highest BCUT2D eigenvalue weighted by molar-refractivity contribution is 7.99. The summed E-state index contributed by atoms with van der Waals surface area (Å²) in [5.74, 6) is -0.398. The number of hydrogen-bond acceptors (Lipinski definition) is 5. The van der Waals surface area contributed by atoms with Crippen molar-refractivity contribution in [2.75, 3.05) is 12.9 Å². The Morgan fingerprint density at radius 3 is 2.68 bits per heavy atom. The second kappa shape index (κ2) is 9.30. The lowest BCUT2D eigenvalue weighted by atomic mass is 10.1. The second-order valence-electron chi connectivity index (χ2n) is 5.11. The number of ketones is 1. The lowest BCUT2D eigenvalue weighted by molar-refractivity contribution is -0.301. The Hall–Kier alpha value is -2.24. The quantitative estimate of drug-likeness (QED) is 0.523. The number of allylic oxidation sites excluding steroid dienone is 1. The maximum Gasteiger partial charge on any atom is 0.185 e. The standard InChI is InChI=1S/C19H17ClO4S/c1-24-18-9-7-14(10-15(18)11-25-12-19(22)23)17(21)8-6-13-4-2-3-5-16(13)20/h2-10H,11-12H2,1H3,(H,22,23)/p-1/b8-6+. The number of carbonyl (C=O) groups excluding carboxylic acids is 2. The molecule has 0 unspecified atom stereocenters. The molecule has 0 saturated carbocycles. The van der Waals surface area contributed by atoms with Gasteiger partial charge in [-0.05, 0) is 42.0 Å². The molecule has 0 fully saturated rings. The van der Waals surface area contributed by atoms with Crippen molar-refractivity contribution in [3.8, 4) is 5.75 Å². The number of carbonyl (C=O) groups is 2. The molecule has 130 valence electrons. The van der Waals surface area contributed by atoms with Crippen LogP contribution >= 0.6 is 23.4 Å². The van der Waals surface area contributed by atoms with Crippen LogP contribution in [0.3, 0.4) is 0 Å². The van der Waals surface area contributed by atoms with E-state index in [1.165, 1.54) is 24.9 Å². The molecule has 2 aromatic carbocycles. The monoisotopic (exact) mass is 375 g/mol. The molecule has 0 saturated heterocycles. The summed E-state index contributed by atoms with van der Waals surface area (Å²) in [6.07, 6.45) is 3.13. The van der Waals surface area contributed by atoms with Crippen LogP contribution in [0.1, 0.15) is 21.5 Å². The Bertz CT molecular complexity index is 802. The highest BCUT2D eigenvalue weighted by Crippen LogP contribution is 2.25. The van der Waals surface area contributed by atoms with E-state index in [1.54, 1.807) is 30.3 Å². The molecule has 0 aromatic heterocycles. The van der Waals surface area contributed by atoms with Crippen molar-refractivity contribution in [1.82, 2.24) is 0 Å². The Morgan fingerprint density at radius 1 is 1.24 bits per heavy atom. The van der Waals surface area contributed by atoms with Gasteiger partial charge in [0.15, 0.2) is 5.78 Å². The van der Waals surface area contributed by atoms with Crippen molar-refractivity contribution in [2.45, 2.75) is 5.75 Å². The van der Waals surface area contributed by atoms with Gasteiger partial charge in [0.1, 0.15) is 5.75 Å². The van der Waals surface area contributed by atoms with Crippen molar-refractivity contribution in [2.24, 2.45) is 0 Å². The van der Waals surface area contributed by atoms with Gasteiger partial charge in [0.2, 0.25) is 0 Å². The zero-order chi connectivity index (χ0) is 18.2. The van der Waals surface area contributed by atoms with Crippen LogP contribution in [0.5, 0.6) is 5.75 Å². The van der Waals surface area contributed by atoms with E-state index in [0.717, 1.165) is 11.1 Å². The van der Waals surface area contributed by atoms with Crippen LogP contribution in [0.15, 0.2) is 48.5 Å². The summed E-state index contributed by atoms with van der Waals surface area (Å²) in [4.78, 5) is 22.9. The average Bonchev–Trinajstić information content (AvgIpc) is 2.60. The molecule has 0 bridgehead atoms. The van der Waals surface area contributed by atoms with Crippen LogP contribution in [-0.4, -0.2) is 24.6 Å². The van der Waals surface area contributed by atoms with Gasteiger partial charge in [-0.15, -0.1) is 0 Å². The number of ether oxygens (including phenoxy) is 1. The predicted molar refractivity (Wildman–Crippen MR) is 99.0 cm³/mol. The number of carboxylic acids is 1. The summed E-state index contributed by atoms with van der Waals surface area (Å²) in [6.45, 7) is 0. The number of benzene rings is 2. The lowest BCUT2D eigenvalue weighted by Crippen LogP contribution is -2.24. The van der Waals surface area contributed by atoms with Gasteiger partial charge in [0.25, 0.3) is 0 Å². The first kappa shape index (κ1) is 19.1. The van der Waals surface area contributed by atoms with Gasteiger partial charge in [0.05, 0.1) is 13.1 Å². The summed E-state index contributed by atoms with van der Waals surface area (Å²) in [6, 6.07) is 12.3. The SMILES string of the molecule is COc1ccc(C(=O)/C=C/c2ccccc2Cl)cc1CSCC(=O)[O-]. The minimum absolute atomic E-state index is 0.117. The maximum atomic E-state index is 12.4. The number of halogens is 1. The van der Waals surface area contributed by atoms with E-state index in [1.807, 2.05) is 18.2 Å². The van der Waals surface area contributed by atoms with Crippen LogP contribution < -0.4 is 9.84 Å². The molecule has 0 atom stereocenters. The highest BCUT2D eigenvalue weighted by atomic mass is 35.5. The molecular formula is C19H16ClO4S-. The van der Waals surface area contributed by atoms with Crippen molar-refractivity contribution >= 4 is 41.2 Å². The summed E-state index contributed by atoms with van der Waals surface area (Å²) >= 11 is 7.25. The minimum atomic E-state index is -1.13. The van der Waals surface area contributed by atoms with Crippen LogP contribution in [0, 0.1) is 0 Å². The van der Waals surface area contributed by atoms with Crippen LogP contribution in [0.4, 0.5) is 0 Å². The molecule has 0 heterocycles. The Labute approximate surface area is 155 Å². The van der Waals surface area contributed by atoms with Crippen molar-refractivity contribution < 1.29 is 19.4 Å². The molecule has 2 aromatic rings. The van der Waals surface area contributed by atoms with E-state index in [4.69, 9.17) is 16.3 Å². The molecule has 0 aliphatic heterocycles. The predicted octanol–water partition coefficient (Wildman–Crippen LogP) is 3.23. The topological polar surface area (TPSA) is 66.4 Å². The third-order valence-corrected chi connectivity index (χ3v) is 4.66. The van der Waals surface area contributed by atoms with E-state index in [0.29, 0.717) is 22.1 Å². The minimum Gasteiger partial charge on any atom is -0.549 e. The van der Waals surface area contributed by atoms with Gasteiger partial charge < -0.3 is 14.6 Å². The number of thioether (sulfide) groups is 1. The Balaban J connectivity index is 2.16. The van der Waals surface area contributed by atoms with Gasteiger partial charge in [-0.25, -0.2) is 0 Å². The van der Waals surface area contributed by atoms with Crippen LogP contribution in [-0.2, 0) is 10.5 Å². The molecule has 4 nitrogen and oxygen atoms in total. The normalized spacial score (nSPS) is 10.8. The zero-order valence-electron chi connectivity index (χ0n) is 13.5. The van der Waals surface area contributed by atoms with E-state index in [2.05, 4.69) is 0 Å². The molecule has 0 radical (unpaired) electrons. The van der Waals surface area contributed by atoms with E-state index < -0.39 is 5.97 Å². The fraction of sp³-hybridized carbons (Fsp3) is 0.158. The van der Waals surface area contributed by atoms with E-state index >= 15 is 0 Å². The first-order chi connectivity index (χ1) is 12.0.